The maximum atomic E-state index is 10.8. The SMILES string of the molecule is CC(OCCN(Cc1ccccc1)Cc1ccccc1)C(=O)O. The maximum absolute atomic E-state index is 10.8. The van der Waals surface area contributed by atoms with Crippen LogP contribution in [0.2, 0.25) is 0 Å². The van der Waals surface area contributed by atoms with Crippen molar-refractivity contribution in [3.8, 4) is 0 Å². The number of carbonyl (C=O) groups is 1. The van der Waals surface area contributed by atoms with E-state index in [0.717, 1.165) is 13.1 Å². The predicted molar refractivity (Wildman–Crippen MR) is 90.0 cm³/mol. The first kappa shape index (κ1) is 17.2. The molecule has 23 heavy (non-hydrogen) atoms. The first-order valence-electron chi connectivity index (χ1n) is 7.80. The number of aliphatic carboxylic acids is 1. The molecule has 2 rings (SSSR count). The van der Waals surface area contributed by atoms with Crippen LogP contribution in [0.25, 0.3) is 0 Å². The van der Waals surface area contributed by atoms with Gasteiger partial charge in [0.1, 0.15) is 0 Å². The highest BCUT2D eigenvalue weighted by Gasteiger charge is 2.12. The molecular formula is C19H23NO3. The number of nitrogens with zero attached hydrogens (tertiary/aromatic N) is 1. The number of hydrogen-bond donors (Lipinski definition) is 1. The Balaban J connectivity index is 1.95. The lowest BCUT2D eigenvalue weighted by Gasteiger charge is -2.23. The van der Waals surface area contributed by atoms with Crippen LogP contribution < -0.4 is 0 Å². The highest BCUT2D eigenvalue weighted by molar-refractivity contribution is 5.71. The van der Waals surface area contributed by atoms with E-state index in [1.54, 1.807) is 6.92 Å². The van der Waals surface area contributed by atoms with Gasteiger partial charge in [-0.25, -0.2) is 4.79 Å². The van der Waals surface area contributed by atoms with Crippen molar-refractivity contribution in [2.24, 2.45) is 0 Å². The number of hydrogen-bond acceptors (Lipinski definition) is 3. The van der Waals surface area contributed by atoms with Gasteiger partial charge in [-0.2, -0.15) is 0 Å². The number of benzene rings is 2. The quantitative estimate of drug-likeness (QED) is 0.772. The van der Waals surface area contributed by atoms with Crippen LogP contribution in [0.3, 0.4) is 0 Å². The number of carboxylic acid groups (broad SMARTS) is 1. The fourth-order valence-corrected chi connectivity index (χ4v) is 2.33. The van der Waals surface area contributed by atoms with Gasteiger partial charge in [-0.1, -0.05) is 60.7 Å². The van der Waals surface area contributed by atoms with E-state index in [2.05, 4.69) is 29.2 Å². The third-order valence-electron chi connectivity index (χ3n) is 3.62. The number of carboxylic acids is 1. The van der Waals surface area contributed by atoms with Gasteiger partial charge in [0.15, 0.2) is 6.10 Å². The molecule has 0 heterocycles. The molecule has 0 saturated heterocycles. The Hall–Kier alpha value is -2.17. The van der Waals surface area contributed by atoms with E-state index in [-0.39, 0.29) is 0 Å². The van der Waals surface area contributed by atoms with Crippen LogP contribution in [0, 0.1) is 0 Å². The average molecular weight is 313 g/mol. The summed E-state index contributed by atoms with van der Waals surface area (Å²) in [6, 6.07) is 20.5. The largest absolute Gasteiger partial charge is 0.479 e. The van der Waals surface area contributed by atoms with Crippen LogP contribution in [0.1, 0.15) is 18.1 Å². The zero-order chi connectivity index (χ0) is 16.5. The molecule has 2 aromatic carbocycles. The van der Waals surface area contributed by atoms with Crippen LogP contribution >= 0.6 is 0 Å². The van der Waals surface area contributed by atoms with Gasteiger partial charge in [0.05, 0.1) is 6.61 Å². The minimum absolute atomic E-state index is 0.396. The smallest absolute Gasteiger partial charge is 0.332 e. The van der Waals surface area contributed by atoms with Crippen LogP contribution in [0.5, 0.6) is 0 Å². The van der Waals surface area contributed by atoms with Gasteiger partial charge in [0.2, 0.25) is 0 Å². The Bertz CT molecular complexity index is 545. The van der Waals surface area contributed by atoms with Gasteiger partial charge in [-0.05, 0) is 18.1 Å². The number of ether oxygens (including phenoxy) is 1. The van der Waals surface area contributed by atoms with E-state index in [9.17, 15) is 4.79 Å². The second-order valence-corrected chi connectivity index (χ2v) is 5.53. The van der Waals surface area contributed by atoms with Gasteiger partial charge >= 0.3 is 5.97 Å². The third kappa shape index (κ3) is 6.22. The van der Waals surface area contributed by atoms with Crippen molar-refractivity contribution < 1.29 is 14.6 Å². The van der Waals surface area contributed by atoms with Crippen LogP contribution in [0.15, 0.2) is 60.7 Å². The summed E-state index contributed by atoms with van der Waals surface area (Å²) in [5.41, 5.74) is 2.46. The van der Waals surface area contributed by atoms with Gasteiger partial charge in [0.25, 0.3) is 0 Å². The molecule has 4 nitrogen and oxygen atoms in total. The fraction of sp³-hybridized carbons (Fsp3) is 0.316. The highest BCUT2D eigenvalue weighted by atomic mass is 16.5. The third-order valence-corrected chi connectivity index (χ3v) is 3.62. The summed E-state index contributed by atoms with van der Waals surface area (Å²) in [4.78, 5) is 13.1. The Morgan fingerprint density at radius 3 is 1.91 bits per heavy atom. The topological polar surface area (TPSA) is 49.8 Å². The predicted octanol–water partition coefficient (Wildman–Crippen LogP) is 3.18. The fourth-order valence-electron chi connectivity index (χ4n) is 2.33. The maximum Gasteiger partial charge on any atom is 0.332 e. The molecule has 0 radical (unpaired) electrons. The minimum Gasteiger partial charge on any atom is -0.479 e. The first-order chi connectivity index (χ1) is 11.1. The Labute approximate surface area is 137 Å². The zero-order valence-corrected chi connectivity index (χ0v) is 13.4. The Kier molecular flexibility index (Phi) is 6.78. The van der Waals surface area contributed by atoms with Crippen molar-refractivity contribution in [3.63, 3.8) is 0 Å². The van der Waals surface area contributed by atoms with Gasteiger partial charge in [-0.3, -0.25) is 4.90 Å². The van der Waals surface area contributed by atoms with Crippen molar-refractivity contribution in [1.82, 2.24) is 4.90 Å². The standard InChI is InChI=1S/C19H23NO3/c1-16(19(21)22)23-13-12-20(14-17-8-4-2-5-9-17)15-18-10-6-3-7-11-18/h2-11,16H,12-15H2,1H3,(H,21,22). The molecule has 122 valence electrons. The molecule has 0 aliphatic rings. The van der Waals surface area contributed by atoms with Gasteiger partial charge < -0.3 is 9.84 Å². The second-order valence-electron chi connectivity index (χ2n) is 5.53. The summed E-state index contributed by atoms with van der Waals surface area (Å²) in [5.74, 6) is -0.928. The molecule has 1 unspecified atom stereocenters. The van der Waals surface area contributed by atoms with Crippen molar-refractivity contribution in [1.29, 1.82) is 0 Å². The van der Waals surface area contributed by atoms with Gasteiger partial charge in [0, 0.05) is 19.6 Å². The first-order valence-corrected chi connectivity index (χ1v) is 7.80. The molecule has 0 bridgehead atoms. The molecule has 0 aliphatic heterocycles. The van der Waals surface area contributed by atoms with Crippen molar-refractivity contribution in [2.45, 2.75) is 26.1 Å². The van der Waals surface area contributed by atoms with Crippen molar-refractivity contribution in [2.75, 3.05) is 13.2 Å². The van der Waals surface area contributed by atoms with Gasteiger partial charge in [-0.15, -0.1) is 0 Å². The van der Waals surface area contributed by atoms with Crippen LogP contribution in [0.4, 0.5) is 0 Å². The lowest BCUT2D eigenvalue weighted by atomic mass is 10.1. The van der Waals surface area contributed by atoms with Crippen LogP contribution in [-0.4, -0.2) is 35.2 Å². The average Bonchev–Trinajstić information content (AvgIpc) is 2.56. The second kappa shape index (κ2) is 9.08. The Morgan fingerprint density at radius 1 is 1.00 bits per heavy atom. The van der Waals surface area contributed by atoms with E-state index >= 15 is 0 Å². The summed E-state index contributed by atoms with van der Waals surface area (Å²) >= 11 is 0. The van der Waals surface area contributed by atoms with E-state index in [1.165, 1.54) is 11.1 Å². The molecule has 1 N–H and O–H groups in total. The van der Waals surface area contributed by atoms with Crippen LogP contribution in [-0.2, 0) is 22.6 Å². The zero-order valence-electron chi connectivity index (χ0n) is 13.4. The summed E-state index contributed by atoms with van der Waals surface area (Å²) < 4.78 is 5.37. The summed E-state index contributed by atoms with van der Waals surface area (Å²) in [6.45, 7) is 4.25. The molecule has 0 fully saturated rings. The molecule has 0 aliphatic carbocycles. The molecule has 4 heteroatoms. The highest BCUT2D eigenvalue weighted by Crippen LogP contribution is 2.10. The number of rotatable bonds is 9. The van der Waals surface area contributed by atoms with E-state index < -0.39 is 12.1 Å². The molecule has 0 amide bonds. The lowest BCUT2D eigenvalue weighted by molar-refractivity contribution is -0.149. The molecule has 2 aromatic rings. The molecule has 0 spiro atoms. The lowest BCUT2D eigenvalue weighted by Crippen LogP contribution is -2.30. The van der Waals surface area contributed by atoms with E-state index in [1.807, 2.05) is 36.4 Å². The summed E-state index contributed by atoms with van der Waals surface area (Å²) in [5, 5.41) is 8.88. The monoisotopic (exact) mass is 313 g/mol. The summed E-state index contributed by atoms with van der Waals surface area (Å²) in [6.07, 6.45) is -0.773. The molecule has 0 saturated carbocycles. The summed E-state index contributed by atoms with van der Waals surface area (Å²) in [7, 11) is 0. The van der Waals surface area contributed by atoms with Crippen molar-refractivity contribution >= 4 is 5.97 Å². The van der Waals surface area contributed by atoms with E-state index in [4.69, 9.17) is 9.84 Å². The molecule has 1 atom stereocenters. The van der Waals surface area contributed by atoms with E-state index in [0.29, 0.717) is 13.2 Å². The molecule has 0 aromatic heterocycles. The normalized spacial score (nSPS) is 12.3. The Morgan fingerprint density at radius 2 is 1.48 bits per heavy atom. The van der Waals surface area contributed by atoms with Crippen molar-refractivity contribution in [3.05, 3.63) is 71.8 Å². The molecular weight excluding hydrogens is 290 g/mol. The minimum atomic E-state index is -0.928.